The van der Waals surface area contributed by atoms with Crippen molar-refractivity contribution in [2.75, 3.05) is 19.8 Å². The van der Waals surface area contributed by atoms with Gasteiger partial charge >= 0.3 is 11.9 Å². The molecule has 1 rings (SSSR count). The van der Waals surface area contributed by atoms with Gasteiger partial charge in [-0.25, -0.2) is 0 Å². The lowest BCUT2D eigenvalue weighted by Crippen LogP contribution is -2.42. The molecule has 0 aromatic rings. The van der Waals surface area contributed by atoms with Crippen molar-refractivity contribution >= 4 is 23.6 Å². The molecule has 9 heteroatoms. The Morgan fingerprint density at radius 2 is 1.55 bits per heavy atom. The molecule has 0 bridgehead atoms. The van der Waals surface area contributed by atoms with Crippen LogP contribution in [-0.2, 0) is 38.1 Å². The van der Waals surface area contributed by atoms with Crippen molar-refractivity contribution in [2.24, 2.45) is 0 Å². The molecule has 0 saturated carbocycles. The molecule has 0 aromatic heterocycles. The first-order valence-electron chi connectivity index (χ1n) is 11.9. The lowest BCUT2D eigenvalue weighted by Gasteiger charge is -2.27. The molecule has 188 valence electrons. The van der Waals surface area contributed by atoms with Gasteiger partial charge in [-0.2, -0.15) is 0 Å². The van der Waals surface area contributed by atoms with Crippen LogP contribution in [0.4, 0.5) is 0 Å². The summed E-state index contributed by atoms with van der Waals surface area (Å²) in [6.45, 7) is 4.57. The monoisotopic (exact) mass is 469 g/mol. The fourth-order valence-corrected chi connectivity index (χ4v) is 3.31. The fraction of sp³-hybridized carbons (Fsp3) is 0.750. The summed E-state index contributed by atoms with van der Waals surface area (Å²) in [5, 5.41) is 2.76. The van der Waals surface area contributed by atoms with Crippen molar-refractivity contribution in [1.82, 2.24) is 5.32 Å². The summed E-state index contributed by atoms with van der Waals surface area (Å²) in [6, 6.07) is 0. The van der Waals surface area contributed by atoms with Gasteiger partial charge in [-0.15, -0.1) is 0 Å². The predicted molar refractivity (Wildman–Crippen MR) is 121 cm³/mol. The Kier molecular flexibility index (Phi) is 15.0. The lowest BCUT2D eigenvalue weighted by atomic mass is 10.1. The minimum Gasteiger partial charge on any atom is -0.463 e. The number of esters is 2. The van der Waals surface area contributed by atoms with Crippen LogP contribution in [0.15, 0.2) is 11.8 Å². The van der Waals surface area contributed by atoms with E-state index in [0.717, 1.165) is 26.2 Å². The van der Waals surface area contributed by atoms with Gasteiger partial charge in [-0.3, -0.25) is 19.2 Å². The second-order valence-electron chi connectivity index (χ2n) is 8.14. The SMILES string of the molecule is CCCCCCCCCCCCNC(=O)CO[C@@H]1OC(COC(C)=O)C=C(OC(C)=O)C1=O. The van der Waals surface area contributed by atoms with E-state index in [9.17, 15) is 19.2 Å². The topological polar surface area (TPSA) is 117 Å². The summed E-state index contributed by atoms with van der Waals surface area (Å²) >= 11 is 0. The number of carbonyl (C=O) groups is 4. The van der Waals surface area contributed by atoms with E-state index < -0.39 is 30.1 Å². The molecule has 0 fully saturated rings. The first-order valence-corrected chi connectivity index (χ1v) is 11.9. The van der Waals surface area contributed by atoms with Gasteiger partial charge in [0.1, 0.15) is 19.3 Å². The molecule has 1 aliphatic rings. The van der Waals surface area contributed by atoms with Crippen LogP contribution in [0.2, 0.25) is 0 Å². The number of rotatable bonds is 17. The number of ether oxygens (including phenoxy) is 4. The van der Waals surface area contributed by atoms with Crippen LogP contribution in [0.3, 0.4) is 0 Å². The zero-order valence-corrected chi connectivity index (χ0v) is 20.2. The molecule has 0 saturated heterocycles. The van der Waals surface area contributed by atoms with Crippen molar-refractivity contribution in [3.05, 3.63) is 11.8 Å². The summed E-state index contributed by atoms with van der Waals surface area (Å²) in [4.78, 5) is 46.7. The van der Waals surface area contributed by atoms with E-state index in [-0.39, 0.29) is 24.9 Å². The van der Waals surface area contributed by atoms with Gasteiger partial charge in [0, 0.05) is 20.4 Å². The van der Waals surface area contributed by atoms with E-state index in [1.54, 1.807) is 0 Å². The molecule has 2 atom stereocenters. The Morgan fingerprint density at radius 1 is 0.939 bits per heavy atom. The smallest absolute Gasteiger partial charge is 0.308 e. The van der Waals surface area contributed by atoms with Crippen LogP contribution in [0.5, 0.6) is 0 Å². The predicted octanol–water partition coefficient (Wildman–Crippen LogP) is 3.34. The van der Waals surface area contributed by atoms with E-state index in [4.69, 9.17) is 18.9 Å². The number of hydrogen-bond donors (Lipinski definition) is 1. The normalized spacial score (nSPS) is 17.9. The molecule has 1 unspecified atom stereocenters. The van der Waals surface area contributed by atoms with Gasteiger partial charge in [-0.05, 0) is 12.5 Å². The van der Waals surface area contributed by atoms with Crippen LogP contribution in [0.25, 0.3) is 0 Å². The lowest BCUT2D eigenvalue weighted by molar-refractivity contribution is -0.191. The molecule has 1 aliphatic heterocycles. The van der Waals surface area contributed by atoms with Gasteiger partial charge < -0.3 is 24.3 Å². The van der Waals surface area contributed by atoms with Gasteiger partial charge in [0.05, 0.1) is 0 Å². The molecule has 0 aromatic carbocycles. The second-order valence-corrected chi connectivity index (χ2v) is 8.14. The number of carbonyl (C=O) groups excluding carboxylic acids is 4. The molecule has 0 aliphatic carbocycles. The fourth-order valence-electron chi connectivity index (χ4n) is 3.31. The quantitative estimate of drug-likeness (QED) is 0.255. The van der Waals surface area contributed by atoms with Crippen LogP contribution < -0.4 is 5.32 Å². The maximum absolute atomic E-state index is 12.4. The molecule has 1 amide bonds. The Bertz CT molecular complexity index is 661. The number of ketones is 1. The highest BCUT2D eigenvalue weighted by Gasteiger charge is 2.35. The van der Waals surface area contributed by atoms with Crippen molar-refractivity contribution in [3.8, 4) is 0 Å². The minimum atomic E-state index is -1.44. The van der Waals surface area contributed by atoms with E-state index in [1.165, 1.54) is 57.9 Å². The molecular weight excluding hydrogens is 430 g/mol. The first kappa shape index (κ1) is 28.8. The number of Topliss-reactive ketones (excluding diaryl/α,β-unsaturated/α-hetero) is 1. The Hall–Kier alpha value is -2.26. The standard InChI is InChI=1S/C24H39NO8/c1-4-5-6-7-8-9-10-11-12-13-14-25-22(28)17-31-24-23(29)21(32-19(3)27)15-20(33-24)16-30-18(2)26/h15,20,24H,4-14,16-17H2,1-3H3,(H,25,28)/t20?,24-/m1/s1. The highest BCUT2D eigenvalue weighted by Crippen LogP contribution is 2.19. The molecule has 9 nitrogen and oxygen atoms in total. The average molecular weight is 470 g/mol. The van der Waals surface area contributed by atoms with Gasteiger partial charge in [-0.1, -0.05) is 64.7 Å². The highest BCUT2D eigenvalue weighted by molar-refractivity contribution is 5.98. The summed E-state index contributed by atoms with van der Waals surface area (Å²) < 4.78 is 20.5. The number of amides is 1. The maximum atomic E-state index is 12.4. The average Bonchev–Trinajstić information content (AvgIpc) is 2.76. The molecule has 0 spiro atoms. The minimum absolute atomic E-state index is 0.182. The third kappa shape index (κ3) is 13.8. The van der Waals surface area contributed by atoms with E-state index in [0.29, 0.717) is 6.54 Å². The summed E-state index contributed by atoms with van der Waals surface area (Å²) in [5.74, 6) is -2.56. The van der Waals surface area contributed by atoms with Crippen molar-refractivity contribution < 1.29 is 38.1 Å². The van der Waals surface area contributed by atoms with E-state index in [2.05, 4.69) is 12.2 Å². The van der Waals surface area contributed by atoms with Crippen LogP contribution in [0.1, 0.15) is 85.0 Å². The largest absolute Gasteiger partial charge is 0.463 e. The Balaban J connectivity index is 2.26. The van der Waals surface area contributed by atoms with Crippen molar-refractivity contribution in [2.45, 2.75) is 97.4 Å². The molecule has 1 heterocycles. The summed E-state index contributed by atoms with van der Waals surface area (Å²) in [5.41, 5.74) is 0. The van der Waals surface area contributed by atoms with Gasteiger partial charge in [0.15, 0.2) is 5.76 Å². The molecular formula is C24H39NO8. The van der Waals surface area contributed by atoms with Crippen molar-refractivity contribution in [3.63, 3.8) is 0 Å². The zero-order valence-electron chi connectivity index (χ0n) is 20.2. The number of nitrogens with one attached hydrogen (secondary N) is 1. The Labute approximate surface area is 196 Å². The summed E-state index contributed by atoms with van der Waals surface area (Å²) in [7, 11) is 0. The third-order valence-electron chi connectivity index (χ3n) is 5.02. The van der Waals surface area contributed by atoms with E-state index in [1.807, 2.05) is 0 Å². The Morgan fingerprint density at radius 3 is 2.12 bits per heavy atom. The number of hydrogen-bond acceptors (Lipinski definition) is 8. The zero-order chi connectivity index (χ0) is 24.5. The third-order valence-corrected chi connectivity index (χ3v) is 5.02. The van der Waals surface area contributed by atoms with Crippen molar-refractivity contribution in [1.29, 1.82) is 0 Å². The highest BCUT2D eigenvalue weighted by atomic mass is 16.7. The van der Waals surface area contributed by atoms with Crippen LogP contribution in [0, 0.1) is 0 Å². The van der Waals surface area contributed by atoms with Gasteiger partial charge in [0.25, 0.3) is 5.78 Å². The van der Waals surface area contributed by atoms with E-state index >= 15 is 0 Å². The maximum Gasteiger partial charge on any atom is 0.308 e. The number of unbranched alkanes of at least 4 members (excludes halogenated alkanes) is 9. The second kappa shape index (κ2) is 17.2. The van der Waals surface area contributed by atoms with Crippen LogP contribution in [-0.4, -0.2) is 55.8 Å². The van der Waals surface area contributed by atoms with Gasteiger partial charge in [0.2, 0.25) is 12.2 Å². The van der Waals surface area contributed by atoms with Crippen LogP contribution >= 0.6 is 0 Å². The molecule has 33 heavy (non-hydrogen) atoms. The first-order chi connectivity index (χ1) is 15.8. The molecule has 1 N–H and O–H groups in total. The molecule has 0 radical (unpaired) electrons. The summed E-state index contributed by atoms with van der Waals surface area (Å²) in [6.07, 6.45) is 11.1.